The average molecular weight is 470 g/mol. The molecule has 0 saturated carbocycles. The number of rotatable bonds is 7. The highest BCUT2D eigenvalue weighted by molar-refractivity contribution is 6.04. The van der Waals surface area contributed by atoms with Crippen LogP contribution in [0.1, 0.15) is 32.7 Å². The van der Waals surface area contributed by atoms with Gasteiger partial charge in [0.05, 0.1) is 18.2 Å². The van der Waals surface area contributed by atoms with Crippen molar-refractivity contribution in [2.75, 3.05) is 7.11 Å². The molecule has 1 heterocycles. The highest BCUT2D eigenvalue weighted by Crippen LogP contribution is 2.39. The fourth-order valence-corrected chi connectivity index (χ4v) is 3.88. The number of benzene rings is 3. The lowest BCUT2D eigenvalue weighted by molar-refractivity contribution is -0.133. The third-order valence-electron chi connectivity index (χ3n) is 5.52. The Labute approximate surface area is 191 Å². The van der Waals surface area contributed by atoms with Gasteiger partial charge in [-0.1, -0.05) is 6.07 Å². The SMILES string of the molecule is COc1ccc(-c2cc3c(C=O)c(-c4ccc(F)cc4)oc3cc2CCC(F)(F)F)cc1C=O. The molecule has 174 valence electrons. The number of hydrogen-bond acceptors (Lipinski definition) is 4. The lowest BCUT2D eigenvalue weighted by atomic mass is 9.93. The molecule has 0 saturated heterocycles. The van der Waals surface area contributed by atoms with E-state index in [2.05, 4.69) is 0 Å². The summed E-state index contributed by atoms with van der Waals surface area (Å²) in [7, 11) is 1.40. The van der Waals surface area contributed by atoms with E-state index < -0.39 is 18.4 Å². The Balaban J connectivity index is 1.94. The van der Waals surface area contributed by atoms with Gasteiger partial charge in [-0.2, -0.15) is 13.2 Å². The van der Waals surface area contributed by atoms with Crippen molar-refractivity contribution in [3.8, 4) is 28.2 Å². The summed E-state index contributed by atoms with van der Waals surface area (Å²) in [5, 5.41) is 0.392. The van der Waals surface area contributed by atoms with Crippen LogP contribution in [0.3, 0.4) is 0 Å². The molecule has 0 N–H and O–H groups in total. The smallest absolute Gasteiger partial charge is 0.389 e. The van der Waals surface area contributed by atoms with Gasteiger partial charge in [0.2, 0.25) is 0 Å². The molecule has 0 unspecified atom stereocenters. The molecule has 4 rings (SSSR count). The molecule has 0 fully saturated rings. The Morgan fingerprint density at radius 2 is 1.65 bits per heavy atom. The van der Waals surface area contributed by atoms with Crippen LogP contribution in [0.15, 0.2) is 59.0 Å². The van der Waals surface area contributed by atoms with Crippen LogP contribution >= 0.6 is 0 Å². The van der Waals surface area contributed by atoms with Crippen molar-refractivity contribution in [1.29, 1.82) is 0 Å². The molecule has 0 aliphatic carbocycles. The van der Waals surface area contributed by atoms with Gasteiger partial charge in [0.15, 0.2) is 12.6 Å². The van der Waals surface area contributed by atoms with Gasteiger partial charge in [0.1, 0.15) is 22.9 Å². The Hall–Kier alpha value is -3.94. The molecule has 0 amide bonds. The average Bonchev–Trinajstić information content (AvgIpc) is 3.19. The van der Waals surface area contributed by atoms with E-state index in [1.165, 1.54) is 43.5 Å². The Morgan fingerprint density at radius 3 is 2.26 bits per heavy atom. The second-order valence-electron chi connectivity index (χ2n) is 7.66. The van der Waals surface area contributed by atoms with Gasteiger partial charge in [-0.15, -0.1) is 0 Å². The van der Waals surface area contributed by atoms with E-state index in [0.29, 0.717) is 46.0 Å². The topological polar surface area (TPSA) is 56.5 Å². The number of alkyl halides is 3. The van der Waals surface area contributed by atoms with Gasteiger partial charge in [0.25, 0.3) is 0 Å². The van der Waals surface area contributed by atoms with E-state index in [1.807, 2.05) is 0 Å². The molecular weight excluding hydrogens is 452 g/mol. The molecule has 0 atom stereocenters. The van der Waals surface area contributed by atoms with Crippen LogP contribution in [0.2, 0.25) is 0 Å². The largest absolute Gasteiger partial charge is 0.496 e. The molecule has 0 spiro atoms. The van der Waals surface area contributed by atoms with Gasteiger partial charge in [-0.25, -0.2) is 4.39 Å². The van der Waals surface area contributed by atoms with Crippen molar-refractivity contribution >= 4 is 23.5 Å². The van der Waals surface area contributed by atoms with Crippen LogP contribution in [-0.4, -0.2) is 25.9 Å². The molecule has 0 aliphatic rings. The first-order valence-corrected chi connectivity index (χ1v) is 10.2. The summed E-state index contributed by atoms with van der Waals surface area (Å²) in [5.41, 5.74) is 2.35. The molecule has 4 nitrogen and oxygen atoms in total. The van der Waals surface area contributed by atoms with Gasteiger partial charge in [0, 0.05) is 17.4 Å². The van der Waals surface area contributed by atoms with Crippen LogP contribution in [0.4, 0.5) is 17.6 Å². The van der Waals surface area contributed by atoms with Crippen LogP contribution in [-0.2, 0) is 6.42 Å². The van der Waals surface area contributed by atoms with E-state index in [1.54, 1.807) is 18.2 Å². The highest BCUT2D eigenvalue weighted by Gasteiger charge is 2.28. The first-order valence-electron chi connectivity index (χ1n) is 10.2. The Bertz CT molecular complexity index is 1370. The number of halogens is 4. The predicted molar refractivity (Wildman–Crippen MR) is 119 cm³/mol. The van der Waals surface area contributed by atoms with Gasteiger partial charge in [-0.3, -0.25) is 9.59 Å². The summed E-state index contributed by atoms with van der Waals surface area (Å²) < 4.78 is 63.4. The lowest BCUT2D eigenvalue weighted by Gasteiger charge is -2.13. The zero-order valence-corrected chi connectivity index (χ0v) is 17.9. The maximum Gasteiger partial charge on any atom is 0.389 e. The standard InChI is InChI=1S/C26H18F4O4/c1-33-23-7-4-16(10-18(23)13-31)20-12-21-22(14-32)25(15-2-5-19(27)6-3-15)34-24(21)11-17(20)8-9-26(28,29)30/h2-7,10-14H,8-9H2,1H3. The third-order valence-corrected chi connectivity index (χ3v) is 5.52. The third kappa shape index (κ3) is 4.57. The van der Waals surface area contributed by atoms with Crippen molar-refractivity contribution in [2.24, 2.45) is 0 Å². The monoisotopic (exact) mass is 470 g/mol. The minimum absolute atomic E-state index is 0.187. The summed E-state index contributed by atoms with van der Waals surface area (Å²) in [4.78, 5) is 23.5. The molecule has 0 bridgehead atoms. The summed E-state index contributed by atoms with van der Waals surface area (Å²) in [6, 6.07) is 13.1. The number of fused-ring (bicyclic) bond motifs is 1. The Morgan fingerprint density at radius 1 is 0.941 bits per heavy atom. The molecule has 4 aromatic rings. The number of aryl methyl sites for hydroxylation is 1. The minimum Gasteiger partial charge on any atom is -0.496 e. The number of furan rings is 1. The van der Waals surface area contributed by atoms with Gasteiger partial charge < -0.3 is 9.15 Å². The molecule has 0 aliphatic heterocycles. The molecule has 1 aromatic heterocycles. The zero-order valence-electron chi connectivity index (χ0n) is 17.9. The number of aldehydes is 2. The number of ether oxygens (including phenoxy) is 1. The second kappa shape index (κ2) is 9.13. The first kappa shape index (κ1) is 23.2. The van der Waals surface area contributed by atoms with E-state index in [-0.39, 0.29) is 28.9 Å². The van der Waals surface area contributed by atoms with E-state index >= 15 is 0 Å². The number of methoxy groups -OCH3 is 1. The van der Waals surface area contributed by atoms with E-state index in [4.69, 9.17) is 9.15 Å². The van der Waals surface area contributed by atoms with Crippen LogP contribution < -0.4 is 4.74 Å². The quantitative estimate of drug-likeness (QED) is 0.215. The fraction of sp³-hybridized carbons (Fsp3) is 0.154. The summed E-state index contributed by atoms with van der Waals surface area (Å²) in [6.07, 6.45) is -4.59. The van der Waals surface area contributed by atoms with Crippen molar-refractivity contribution < 1.29 is 36.3 Å². The predicted octanol–water partition coefficient (Wildman–Crippen LogP) is 7.03. The van der Waals surface area contributed by atoms with Crippen LogP contribution in [0.25, 0.3) is 33.4 Å². The van der Waals surface area contributed by atoms with Gasteiger partial charge >= 0.3 is 6.18 Å². The molecule has 3 aromatic carbocycles. The number of hydrogen-bond donors (Lipinski definition) is 0. The second-order valence-corrected chi connectivity index (χ2v) is 7.66. The normalized spacial score (nSPS) is 11.6. The molecule has 8 heteroatoms. The maximum atomic E-state index is 13.4. The Kier molecular flexibility index (Phi) is 6.24. The number of carbonyl (C=O) groups is 2. The van der Waals surface area contributed by atoms with Crippen molar-refractivity contribution in [3.05, 3.63) is 77.1 Å². The fourth-order valence-electron chi connectivity index (χ4n) is 3.88. The lowest BCUT2D eigenvalue weighted by Crippen LogP contribution is -2.09. The summed E-state index contributed by atoms with van der Waals surface area (Å²) >= 11 is 0. The molecule has 0 radical (unpaired) electrons. The van der Waals surface area contributed by atoms with Crippen molar-refractivity contribution in [3.63, 3.8) is 0 Å². The highest BCUT2D eigenvalue weighted by atomic mass is 19.4. The van der Waals surface area contributed by atoms with Gasteiger partial charge in [-0.05, 0) is 71.6 Å². The maximum absolute atomic E-state index is 13.4. The van der Waals surface area contributed by atoms with Crippen LogP contribution in [0.5, 0.6) is 5.75 Å². The molecule has 34 heavy (non-hydrogen) atoms. The van der Waals surface area contributed by atoms with Crippen molar-refractivity contribution in [2.45, 2.75) is 19.0 Å². The summed E-state index contributed by atoms with van der Waals surface area (Å²) in [5.74, 6) is 0.0501. The minimum atomic E-state index is -4.38. The molecular formula is C26H18F4O4. The van der Waals surface area contributed by atoms with E-state index in [9.17, 15) is 27.2 Å². The van der Waals surface area contributed by atoms with E-state index in [0.717, 1.165) is 0 Å². The van der Waals surface area contributed by atoms with Crippen molar-refractivity contribution in [1.82, 2.24) is 0 Å². The number of carbonyl (C=O) groups excluding carboxylic acids is 2. The zero-order chi connectivity index (χ0) is 24.5. The van der Waals surface area contributed by atoms with Crippen LogP contribution in [0, 0.1) is 5.82 Å². The summed E-state index contributed by atoms with van der Waals surface area (Å²) in [6.45, 7) is 0. The first-order chi connectivity index (χ1) is 16.2.